The fraction of sp³-hybridized carbons (Fsp3) is 1.00. The first kappa shape index (κ1) is 15.0. The van der Waals surface area contributed by atoms with Gasteiger partial charge in [0.15, 0.2) is 0 Å². The van der Waals surface area contributed by atoms with Crippen molar-refractivity contribution in [3.8, 4) is 0 Å². The third-order valence-corrected chi connectivity index (χ3v) is 4.58. The van der Waals surface area contributed by atoms with Crippen LogP contribution in [0, 0.1) is 11.8 Å². The van der Waals surface area contributed by atoms with Gasteiger partial charge in [-0.1, -0.05) is 39.5 Å². The predicted molar refractivity (Wildman–Crippen MR) is 72.1 cm³/mol. The Morgan fingerprint density at radius 2 is 2.12 bits per heavy atom. The molecule has 1 saturated carbocycles. The number of hydrogen-bond acceptors (Lipinski definition) is 2. The van der Waals surface area contributed by atoms with E-state index < -0.39 is 5.60 Å². The maximum Gasteiger partial charge on any atom is 0.0674 e. The molecule has 1 rings (SSSR count). The Balaban J connectivity index is 2.46. The van der Waals surface area contributed by atoms with E-state index in [0.29, 0.717) is 5.92 Å². The molecule has 1 N–H and O–H groups in total. The summed E-state index contributed by atoms with van der Waals surface area (Å²) in [5.41, 5.74) is -0.430. The van der Waals surface area contributed by atoms with E-state index in [-0.39, 0.29) is 0 Å². The highest BCUT2D eigenvalue weighted by atomic mass is 16.5. The summed E-state index contributed by atoms with van der Waals surface area (Å²) in [5, 5.41) is 10.8. The van der Waals surface area contributed by atoms with Gasteiger partial charge in [0.05, 0.1) is 5.60 Å². The number of aliphatic hydroxyl groups is 1. The van der Waals surface area contributed by atoms with Crippen molar-refractivity contribution in [2.24, 2.45) is 11.8 Å². The van der Waals surface area contributed by atoms with Crippen LogP contribution in [-0.2, 0) is 4.74 Å². The van der Waals surface area contributed by atoms with Gasteiger partial charge < -0.3 is 9.84 Å². The molecule has 1 aliphatic carbocycles. The summed E-state index contributed by atoms with van der Waals surface area (Å²) in [6.45, 7) is 5.21. The zero-order valence-corrected chi connectivity index (χ0v) is 11.9. The summed E-state index contributed by atoms with van der Waals surface area (Å²) in [5.74, 6) is 1.21. The van der Waals surface area contributed by atoms with Crippen molar-refractivity contribution in [3.63, 3.8) is 0 Å². The van der Waals surface area contributed by atoms with Crippen LogP contribution in [0.25, 0.3) is 0 Å². The van der Waals surface area contributed by atoms with Gasteiger partial charge in [-0.05, 0) is 37.5 Å². The van der Waals surface area contributed by atoms with E-state index in [4.69, 9.17) is 4.74 Å². The Morgan fingerprint density at radius 1 is 1.35 bits per heavy atom. The van der Waals surface area contributed by atoms with Gasteiger partial charge in [0.1, 0.15) is 0 Å². The molecule has 0 spiro atoms. The fourth-order valence-corrected chi connectivity index (χ4v) is 3.17. The van der Waals surface area contributed by atoms with Crippen molar-refractivity contribution in [1.82, 2.24) is 0 Å². The van der Waals surface area contributed by atoms with Gasteiger partial charge in [-0.3, -0.25) is 0 Å². The summed E-state index contributed by atoms with van der Waals surface area (Å²) in [7, 11) is 1.74. The van der Waals surface area contributed by atoms with Crippen LogP contribution in [0.3, 0.4) is 0 Å². The Labute approximate surface area is 107 Å². The molecule has 2 nitrogen and oxygen atoms in total. The molecular formula is C15H30O2. The Hall–Kier alpha value is -0.0800. The monoisotopic (exact) mass is 242 g/mol. The first-order valence-electron chi connectivity index (χ1n) is 7.33. The van der Waals surface area contributed by atoms with E-state index in [1.165, 1.54) is 32.1 Å². The molecule has 3 atom stereocenters. The van der Waals surface area contributed by atoms with Crippen molar-refractivity contribution in [1.29, 1.82) is 0 Å². The van der Waals surface area contributed by atoms with E-state index in [1.807, 2.05) is 0 Å². The van der Waals surface area contributed by atoms with Crippen LogP contribution in [0.1, 0.15) is 65.2 Å². The lowest BCUT2D eigenvalue weighted by atomic mass is 9.80. The SMILES string of the molecule is CCCC1CCCC(O)(C(C)CCOC)CC1. The normalized spacial score (nSPS) is 32.1. The maximum atomic E-state index is 10.8. The van der Waals surface area contributed by atoms with Crippen LogP contribution in [0.5, 0.6) is 0 Å². The van der Waals surface area contributed by atoms with Gasteiger partial charge >= 0.3 is 0 Å². The lowest BCUT2D eigenvalue weighted by molar-refractivity contribution is -0.0358. The first-order chi connectivity index (χ1) is 8.12. The fourth-order valence-electron chi connectivity index (χ4n) is 3.17. The van der Waals surface area contributed by atoms with E-state index in [9.17, 15) is 5.11 Å². The molecule has 0 amide bonds. The summed E-state index contributed by atoms with van der Waals surface area (Å²) in [4.78, 5) is 0. The highest BCUT2D eigenvalue weighted by Crippen LogP contribution is 2.37. The lowest BCUT2D eigenvalue weighted by Crippen LogP contribution is -2.36. The predicted octanol–water partition coefficient (Wildman–Crippen LogP) is 3.77. The zero-order valence-electron chi connectivity index (χ0n) is 11.9. The summed E-state index contributed by atoms with van der Waals surface area (Å²) in [6.07, 6.45) is 9.28. The molecule has 0 aromatic carbocycles. The van der Waals surface area contributed by atoms with Crippen LogP contribution in [0.15, 0.2) is 0 Å². The van der Waals surface area contributed by atoms with E-state index >= 15 is 0 Å². The Bertz CT molecular complexity index is 205. The van der Waals surface area contributed by atoms with Gasteiger partial charge in [0.2, 0.25) is 0 Å². The number of rotatable bonds is 6. The lowest BCUT2D eigenvalue weighted by Gasteiger charge is -2.33. The van der Waals surface area contributed by atoms with Crippen molar-refractivity contribution in [3.05, 3.63) is 0 Å². The smallest absolute Gasteiger partial charge is 0.0674 e. The standard InChI is InChI=1S/C15H30O2/c1-4-6-14-7-5-10-15(16,11-8-14)13(2)9-12-17-3/h13-14,16H,4-12H2,1-3H3. The molecule has 0 aliphatic heterocycles. The van der Waals surface area contributed by atoms with Crippen LogP contribution >= 0.6 is 0 Å². The average Bonchev–Trinajstić information content (AvgIpc) is 2.50. The Morgan fingerprint density at radius 3 is 2.76 bits per heavy atom. The van der Waals surface area contributed by atoms with Gasteiger partial charge in [0, 0.05) is 13.7 Å². The van der Waals surface area contributed by atoms with Crippen molar-refractivity contribution < 1.29 is 9.84 Å². The van der Waals surface area contributed by atoms with Crippen molar-refractivity contribution in [2.45, 2.75) is 70.8 Å². The molecule has 3 unspecified atom stereocenters. The van der Waals surface area contributed by atoms with Gasteiger partial charge in [-0.2, -0.15) is 0 Å². The molecule has 0 bridgehead atoms. The number of ether oxygens (including phenoxy) is 1. The van der Waals surface area contributed by atoms with Crippen molar-refractivity contribution >= 4 is 0 Å². The van der Waals surface area contributed by atoms with Crippen LogP contribution < -0.4 is 0 Å². The van der Waals surface area contributed by atoms with Gasteiger partial charge in [0.25, 0.3) is 0 Å². The van der Waals surface area contributed by atoms with Gasteiger partial charge in [-0.15, -0.1) is 0 Å². The third kappa shape index (κ3) is 4.59. The van der Waals surface area contributed by atoms with Crippen LogP contribution in [-0.4, -0.2) is 24.4 Å². The average molecular weight is 242 g/mol. The van der Waals surface area contributed by atoms with E-state index in [2.05, 4.69) is 13.8 Å². The zero-order chi connectivity index (χ0) is 12.7. The minimum atomic E-state index is -0.430. The largest absolute Gasteiger partial charge is 0.390 e. The number of methoxy groups -OCH3 is 1. The molecule has 0 heterocycles. The van der Waals surface area contributed by atoms with Crippen LogP contribution in [0.4, 0.5) is 0 Å². The van der Waals surface area contributed by atoms with Crippen LogP contribution in [0.2, 0.25) is 0 Å². The molecule has 102 valence electrons. The third-order valence-electron chi connectivity index (χ3n) is 4.58. The second kappa shape index (κ2) is 7.38. The molecular weight excluding hydrogens is 212 g/mol. The molecule has 0 aromatic heterocycles. The highest BCUT2D eigenvalue weighted by molar-refractivity contribution is 4.87. The molecule has 0 saturated heterocycles. The minimum Gasteiger partial charge on any atom is -0.390 e. The second-order valence-corrected chi connectivity index (χ2v) is 5.87. The summed E-state index contributed by atoms with van der Waals surface area (Å²) >= 11 is 0. The summed E-state index contributed by atoms with van der Waals surface area (Å²) < 4.78 is 5.13. The maximum absolute atomic E-state index is 10.8. The molecule has 0 radical (unpaired) electrons. The molecule has 1 aliphatic rings. The van der Waals surface area contributed by atoms with Gasteiger partial charge in [-0.25, -0.2) is 0 Å². The minimum absolute atomic E-state index is 0.364. The molecule has 2 heteroatoms. The Kier molecular flexibility index (Phi) is 6.50. The second-order valence-electron chi connectivity index (χ2n) is 5.87. The van der Waals surface area contributed by atoms with E-state index in [1.54, 1.807) is 7.11 Å². The molecule has 1 fully saturated rings. The van der Waals surface area contributed by atoms with Crippen molar-refractivity contribution in [2.75, 3.05) is 13.7 Å². The summed E-state index contributed by atoms with van der Waals surface area (Å²) in [6, 6.07) is 0. The highest BCUT2D eigenvalue weighted by Gasteiger charge is 2.35. The first-order valence-corrected chi connectivity index (χ1v) is 7.33. The molecule has 0 aromatic rings. The van der Waals surface area contributed by atoms with E-state index in [0.717, 1.165) is 31.8 Å². The molecule has 17 heavy (non-hydrogen) atoms. The quantitative estimate of drug-likeness (QED) is 0.718. The topological polar surface area (TPSA) is 29.5 Å². The number of hydrogen-bond donors (Lipinski definition) is 1.